The highest BCUT2D eigenvalue weighted by Crippen LogP contribution is 2.21. The monoisotopic (exact) mass is 272 g/mol. The number of nitrogens with one attached hydrogen (secondary N) is 1. The number of carbonyl (C=O) groups is 1. The zero-order valence-electron chi connectivity index (χ0n) is 11.1. The van der Waals surface area contributed by atoms with Gasteiger partial charge in [-0.05, 0) is 29.8 Å². The molecule has 0 saturated heterocycles. The summed E-state index contributed by atoms with van der Waals surface area (Å²) in [6.07, 6.45) is -1.07. The molecule has 0 atom stereocenters. The van der Waals surface area contributed by atoms with E-state index in [4.69, 9.17) is 9.84 Å². The summed E-state index contributed by atoms with van der Waals surface area (Å²) in [7, 11) is 1.67. The van der Waals surface area contributed by atoms with Crippen molar-refractivity contribution in [3.63, 3.8) is 0 Å². The largest absolute Gasteiger partial charge is 0.464 e. The third-order valence-corrected chi connectivity index (χ3v) is 2.61. The van der Waals surface area contributed by atoms with Gasteiger partial charge >= 0.3 is 6.09 Å². The summed E-state index contributed by atoms with van der Waals surface area (Å²) < 4.78 is 5.68. The van der Waals surface area contributed by atoms with Gasteiger partial charge in [-0.3, -0.25) is 5.43 Å². The molecule has 0 fully saturated rings. The molecule has 20 heavy (non-hydrogen) atoms. The molecule has 0 aliphatic carbocycles. The van der Waals surface area contributed by atoms with E-state index < -0.39 is 6.09 Å². The Morgan fingerprint density at radius 2 is 1.70 bits per heavy atom. The average Bonchev–Trinajstić information content (AvgIpc) is 2.41. The number of rotatable bonds is 5. The molecule has 0 bridgehead atoms. The van der Waals surface area contributed by atoms with Crippen LogP contribution in [-0.2, 0) is 6.54 Å². The number of carboxylic acid groups (broad SMARTS) is 1. The number of nitrogens with zero attached hydrogens (tertiary/aromatic N) is 1. The van der Waals surface area contributed by atoms with E-state index in [1.165, 1.54) is 5.01 Å². The molecule has 2 N–H and O–H groups in total. The Morgan fingerprint density at radius 1 is 1.10 bits per heavy atom. The van der Waals surface area contributed by atoms with Crippen LogP contribution < -0.4 is 10.2 Å². The number of para-hydroxylation sites is 1. The van der Waals surface area contributed by atoms with Crippen molar-refractivity contribution in [1.29, 1.82) is 0 Å². The topological polar surface area (TPSA) is 61.8 Å². The first-order valence-electron chi connectivity index (χ1n) is 6.16. The molecule has 0 aliphatic heterocycles. The second-order valence-electron chi connectivity index (χ2n) is 4.33. The van der Waals surface area contributed by atoms with E-state index in [2.05, 4.69) is 5.43 Å². The Balaban J connectivity index is 1.94. The summed E-state index contributed by atoms with van der Waals surface area (Å²) in [4.78, 5) is 10.5. The summed E-state index contributed by atoms with van der Waals surface area (Å²) in [5.41, 5.74) is 3.25. The maximum Gasteiger partial charge on any atom is 0.419 e. The van der Waals surface area contributed by atoms with Crippen LogP contribution in [0.2, 0.25) is 0 Å². The number of hydrogen-bond donors (Lipinski definition) is 2. The van der Waals surface area contributed by atoms with Crippen LogP contribution in [0.4, 0.5) is 4.79 Å². The van der Waals surface area contributed by atoms with Gasteiger partial charge in [-0.25, -0.2) is 9.80 Å². The molecule has 104 valence electrons. The number of ether oxygens (including phenoxy) is 1. The number of hydrazine groups is 1. The summed E-state index contributed by atoms with van der Waals surface area (Å²) in [6, 6.07) is 17.1. The molecule has 2 aromatic rings. The first-order chi connectivity index (χ1) is 9.63. The average molecular weight is 272 g/mol. The molecular formula is C15H16N2O3. The Kier molecular flexibility index (Phi) is 4.57. The molecule has 5 nitrogen and oxygen atoms in total. The lowest BCUT2D eigenvalue weighted by Crippen LogP contribution is -2.37. The van der Waals surface area contributed by atoms with Crippen molar-refractivity contribution >= 4 is 6.09 Å². The van der Waals surface area contributed by atoms with Gasteiger partial charge in [0, 0.05) is 13.6 Å². The number of benzene rings is 2. The highest BCUT2D eigenvalue weighted by atomic mass is 16.5. The molecule has 0 heterocycles. The van der Waals surface area contributed by atoms with Crippen LogP contribution in [0.1, 0.15) is 5.56 Å². The molecule has 0 aromatic heterocycles. The molecule has 0 unspecified atom stereocenters. The van der Waals surface area contributed by atoms with E-state index >= 15 is 0 Å². The van der Waals surface area contributed by atoms with Crippen LogP contribution in [0.5, 0.6) is 11.5 Å². The SMILES string of the molecule is CN(Cc1ccc(Oc2ccccc2)cc1)NC(=O)O. The summed E-state index contributed by atoms with van der Waals surface area (Å²) >= 11 is 0. The maximum absolute atomic E-state index is 10.5. The van der Waals surface area contributed by atoms with E-state index in [-0.39, 0.29) is 0 Å². The Labute approximate surface area is 117 Å². The molecule has 0 spiro atoms. The van der Waals surface area contributed by atoms with Crippen LogP contribution in [-0.4, -0.2) is 23.3 Å². The van der Waals surface area contributed by atoms with Crippen LogP contribution >= 0.6 is 0 Å². The van der Waals surface area contributed by atoms with Gasteiger partial charge in [-0.1, -0.05) is 30.3 Å². The van der Waals surface area contributed by atoms with Crippen LogP contribution in [0, 0.1) is 0 Å². The Morgan fingerprint density at radius 3 is 2.30 bits per heavy atom. The predicted molar refractivity (Wildman–Crippen MR) is 75.6 cm³/mol. The standard InChI is InChI=1S/C15H16N2O3/c1-17(16-15(18)19)11-12-7-9-14(10-8-12)20-13-5-3-2-4-6-13/h2-10,16H,11H2,1H3,(H,18,19). The van der Waals surface area contributed by atoms with Crippen LogP contribution in [0.3, 0.4) is 0 Å². The minimum Gasteiger partial charge on any atom is -0.464 e. The van der Waals surface area contributed by atoms with E-state index in [1.807, 2.05) is 54.6 Å². The van der Waals surface area contributed by atoms with E-state index in [1.54, 1.807) is 7.05 Å². The predicted octanol–water partition coefficient (Wildman–Crippen LogP) is 3.09. The molecule has 0 aliphatic rings. The van der Waals surface area contributed by atoms with E-state index in [0.29, 0.717) is 6.54 Å². The van der Waals surface area contributed by atoms with Gasteiger partial charge in [0.25, 0.3) is 0 Å². The van der Waals surface area contributed by atoms with Crippen LogP contribution in [0.15, 0.2) is 54.6 Å². The normalized spacial score (nSPS) is 10.3. The maximum atomic E-state index is 10.5. The Hall–Kier alpha value is -2.53. The van der Waals surface area contributed by atoms with Gasteiger partial charge in [0.1, 0.15) is 11.5 Å². The molecule has 0 radical (unpaired) electrons. The van der Waals surface area contributed by atoms with Crippen molar-refractivity contribution < 1.29 is 14.6 Å². The van der Waals surface area contributed by atoms with Gasteiger partial charge in [0.15, 0.2) is 0 Å². The number of hydrogen-bond acceptors (Lipinski definition) is 3. The Bertz CT molecular complexity index is 555. The second kappa shape index (κ2) is 6.58. The fourth-order valence-corrected chi connectivity index (χ4v) is 1.76. The van der Waals surface area contributed by atoms with Crippen molar-refractivity contribution in [2.45, 2.75) is 6.54 Å². The minimum absolute atomic E-state index is 0.484. The van der Waals surface area contributed by atoms with Gasteiger partial charge in [0.05, 0.1) is 0 Å². The molecule has 2 aromatic carbocycles. The highest BCUT2D eigenvalue weighted by molar-refractivity contribution is 5.63. The molecule has 1 amide bonds. The van der Waals surface area contributed by atoms with E-state index in [9.17, 15) is 4.79 Å². The van der Waals surface area contributed by atoms with Crippen molar-refractivity contribution in [3.05, 3.63) is 60.2 Å². The van der Waals surface area contributed by atoms with Crippen molar-refractivity contribution in [2.75, 3.05) is 7.05 Å². The zero-order valence-corrected chi connectivity index (χ0v) is 11.1. The summed E-state index contributed by atoms with van der Waals surface area (Å²) in [6.45, 7) is 0.484. The first kappa shape index (κ1) is 13.9. The third kappa shape index (κ3) is 4.29. The molecule has 0 saturated carbocycles. The molecule has 5 heteroatoms. The summed E-state index contributed by atoms with van der Waals surface area (Å²) in [5, 5.41) is 10.1. The lowest BCUT2D eigenvalue weighted by atomic mass is 10.2. The lowest BCUT2D eigenvalue weighted by molar-refractivity contribution is 0.151. The quantitative estimate of drug-likeness (QED) is 0.821. The lowest BCUT2D eigenvalue weighted by Gasteiger charge is -2.15. The zero-order chi connectivity index (χ0) is 14.4. The number of amides is 1. The van der Waals surface area contributed by atoms with Crippen molar-refractivity contribution in [3.8, 4) is 11.5 Å². The van der Waals surface area contributed by atoms with Crippen LogP contribution in [0.25, 0.3) is 0 Å². The third-order valence-electron chi connectivity index (χ3n) is 2.61. The van der Waals surface area contributed by atoms with Gasteiger partial charge in [-0.15, -0.1) is 0 Å². The van der Waals surface area contributed by atoms with Gasteiger partial charge in [-0.2, -0.15) is 0 Å². The van der Waals surface area contributed by atoms with Crippen molar-refractivity contribution in [1.82, 2.24) is 10.4 Å². The van der Waals surface area contributed by atoms with Gasteiger partial charge < -0.3 is 9.84 Å². The first-order valence-corrected chi connectivity index (χ1v) is 6.16. The summed E-state index contributed by atoms with van der Waals surface area (Å²) in [5.74, 6) is 1.53. The fraction of sp³-hybridized carbons (Fsp3) is 0.133. The van der Waals surface area contributed by atoms with Gasteiger partial charge in [0.2, 0.25) is 0 Å². The minimum atomic E-state index is -1.07. The highest BCUT2D eigenvalue weighted by Gasteiger charge is 2.03. The fourth-order valence-electron chi connectivity index (χ4n) is 1.76. The smallest absolute Gasteiger partial charge is 0.419 e. The van der Waals surface area contributed by atoms with E-state index in [0.717, 1.165) is 17.1 Å². The second-order valence-corrected chi connectivity index (χ2v) is 4.33. The molecular weight excluding hydrogens is 256 g/mol. The molecule has 2 rings (SSSR count). The van der Waals surface area contributed by atoms with Crippen molar-refractivity contribution in [2.24, 2.45) is 0 Å².